The van der Waals surface area contributed by atoms with Crippen LogP contribution in [0, 0.1) is 0 Å². The van der Waals surface area contributed by atoms with Crippen molar-refractivity contribution in [3.63, 3.8) is 0 Å². The number of carbonyl (C=O) groups is 1. The van der Waals surface area contributed by atoms with Crippen molar-refractivity contribution in [2.45, 2.75) is 12.8 Å². The molecule has 0 bridgehead atoms. The molecular weight excluding hydrogens is 367 g/mol. The summed E-state index contributed by atoms with van der Waals surface area (Å²) in [6, 6.07) is 10.7. The molecule has 0 spiro atoms. The van der Waals surface area contributed by atoms with E-state index in [-0.39, 0.29) is 17.2 Å². The van der Waals surface area contributed by atoms with Gasteiger partial charge in [-0.05, 0) is 42.3 Å². The van der Waals surface area contributed by atoms with Gasteiger partial charge in [0.05, 0.1) is 10.2 Å². The molecule has 1 N–H and O–H groups in total. The van der Waals surface area contributed by atoms with Crippen molar-refractivity contribution in [3.05, 3.63) is 61.7 Å². The highest BCUT2D eigenvalue weighted by Gasteiger charge is 2.10. The SMILES string of the molecule is Cn1c(=O)sc2cc(NC(=O)CCc3c(Cl)cccc3Cl)ccc21. The van der Waals surface area contributed by atoms with Gasteiger partial charge in [-0.1, -0.05) is 40.6 Å². The molecule has 0 fully saturated rings. The fourth-order valence-corrected chi connectivity index (χ4v) is 3.95. The highest BCUT2D eigenvalue weighted by Crippen LogP contribution is 2.26. The number of thiazole rings is 1. The number of carbonyl (C=O) groups excluding carboxylic acids is 1. The maximum Gasteiger partial charge on any atom is 0.307 e. The number of rotatable bonds is 4. The van der Waals surface area contributed by atoms with Gasteiger partial charge < -0.3 is 9.88 Å². The minimum absolute atomic E-state index is 0.0261. The molecule has 1 amide bonds. The molecule has 0 saturated heterocycles. The third-order valence-electron chi connectivity index (χ3n) is 3.74. The molecule has 0 radical (unpaired) electrons. The molecule has 24 heavy (non-hydrogen) atoms. The van der Waals surface area contributed by atoms with Crippen LogP contribution < -0.4 is 10.2 Å². The van der Waals surface area contributed by atoms with Gasteiger partial charge in [-0.2, -0.15) is 0 Å². The lowest BCUT2D eigenvalue weighted by molar-refractivity contribution is -0.116. The molecule has 2 aromatic carbocycles. The van der Waals surface area contributed by atoms with Gasteiger partial charge in [-0.3, -0.25) is 9.59 Å². The molecule has 0 saturated carbocycles. The largest absolute Gasteiger partial charge is 0.326 e. The van der Waals surface area contributed by atoms with Crippen molar-refractivity contribution in [3.8, 4) is 0 Å². The lowest BCUT2D eigenvalue weighted by Crippen LogP contribution is -2.12. The van der Waals surface area contributed by atoms with E-state index in [2.05, 4.69) is 5.32 Å². The number of aromatic nitrogens is 1. The molecule has 0 atom stereocenters. The van der Waals surface area contributed by atoms with Crippen LogP contribution in [0.4, 0.5) is 5.69 Å². The first-order chi connectivity index (χ1) is 11.5. The number of nitrogens with one attached hydrogen (secondary N) is 1. The van der Waals surface area contributed by atoms with Crippen molar-refractivity contribution in [2.75, 3.05) is 5.32 Å². The maximum absolute atomic E-state index is 12.2. The van der Waals surface area contributed by atoms with Crippen LogP contribution in [0.15, 0.2) is 41.2 Å². The van der Waals surface area contributed by atoms with Crippen molar-refractivity contribution in [1.82, 2.24) is 4.57 Å². The lowest BCUT2D eigenvalue weighted by atomic mass is 10.1. The van der Waals surface area contributed by atoms with Gasteiger partial charge in [0, 0.05) is 29.2 Å². The minimum atomic E-state index is -0.131. The molecule has 3 aromatic rings. The number of hydrogen-bond donors (Lipinski definition) is 1. The molecule has 0 aliphatic rings. The topological polar surface area (TPSA) is 51.1 Å². The summed E-state index contributed by atoms with van der Waals surface area (Å²) in [4.78, 5) is 23.8. The van der Waals surface area contributed by atoms with Gasteiger partial charge in [0.1, 0.15) is 0 Å². The van der Waals surface area contributed by atoms with Crippen LogP contribution in [0.5, 0.6) is 0 Å². The standard InChI is InChI=1S/C17H14Cl2N2O2S/c1-21-14-7-5-10(9-15(14)24-17(21)23)20-16(22)8-6-11-12(18)3-2-4-13(11)19/h2-5,7,9H,6,8H2,1H3,(H,20,22). The number of benzene rings is 2. The highest BCUT2D eigenvalue weighted by molar-refractivity contribution is 7.16. The Labute approximate surface area is 152 Å². The van der Waals surface area contributed by atoms with Crippen LogP contribution >= 0.6 is 34.5 Å². The Morgan fingerprint density at radius 1 is 1.21 bits per heavy atom. The number of fused-ring (bicyclic) bond motifs is 1. The molecule has 0 unspecified atom stereocenters. The molecular formula is C17H14Cl2N2O2S. The fraction of sp³-hybridized carbons (Fsp3) is 0.176. The fourth-order valence-electron chi connectivity index (χ4n) is 2.44. The molecule has 7 heteroatoms. The number of hydrogen-bond acceptors (Lipinski definition) is 3. The minimum Gasteiger partial charge on any atom is -0.326 e. The zero-order chi connectivity index (χ0) is 17.3. The average Bonchev–Trinajstić information content (AvgIpc) is 2.81. The van der Waals surface area contributed by atoms with Gasteiger partial charge in [0.15, 0.2) is 0 Å². The first-order valence-electron chi connectivity index (χ1n) is 7.28. The van der Waals surface area contributed by atoms with Gasteiger partial charge in [0.2, 0.25) is 5.91 Å². The van der Waals surface area contributed by atoms with E-state index in [0.29, 0.717) is 22.2 Å². The summed E-state index contributed by atoms with van der Waals surface area (Å²) >= 11 is 13.4. The van der Waals surface area contributed by atoms with E-state index in [1.807, 2.05) is 12.1 Å². The number of nitrogens with zero attached hydrogens (tertiary/aromatic N) is 1. The van der Waals surface area contributed by atoms with Gasteiger partial charge in [-0.15, -0.1) is 0 Å². The van der Waals surface area contributed by atoms with Gasteiger partial charge in [-0.25, -0.2) is 0 Å². The van der Waals surface area contributed by atoms with Crippen LogP contribution in [0.3, 0.4) is 0 Å². The number of aryl methyl sites for hydroxylation is 1. The predicted octanol–water partition coefficient (Wildman–Crippen LogP) is 4.48. The summed E-state index contributed by atoms with van der Waals surface area (Å²) in [5.41, 5.74) is 2.29. The van der Waals surface area contributed by atoms with Crippen LogP contribution in [-0.2, 0) is 18.3 Å². The van der Waals surface area contributed by atoms with Crippen molar-refractivity contribution >= 4 is 56.3 Å². The first kappa shape index (κ1) is 17.0. The summed E-state index contributed by atoms with van der Waals surface area (Å²) in [6.45, 7) is 0. The van der Waals surface area contributed by atoms with E-state index >= 15 is 0 Å². The zero-order valence-corrected chi connectivity index (χ0v) is 15.1. The van der Waals surface area contributed by atoms with Gasteiger partial charge in [0.25, 0.3) is 0 Å². The van der Waals surface area contributed by atoms with E-state index < -0.39 is 0 Å². The molecule has 1 aromatic heterocycles. The Kier molecular flexibility index (Phi) is 4.94. The van der Waals surface area contributed by atoms with Gasteiger partial charge >= 0.3 is 4.87 Å². The first-order valence-corrected chi connectivity index (χ1v) is 8.85. The van der Waals surface area contributed by atoms with E-state index in [1.54, 1.807) is 35.9 Å². The molecule has 0 aliphatic heterocycles. The van der Waals surface area contributed by atoms with Crippen LogP contribution in [-0.4, -0.2) is 10.5 Å². The Morgan fingerprint density at radius 3 is 2.62 bits per heavy atom. The number of anilines is 1. The van der Waals surface area contributed by atoms with E-state index in [0.717, 1.165) is 27.1 Å². The second-order valence-corrected chi connectivity index (χ2v) is 7.17. The zero-order valence-electron chi connectivity index (χ0n) is 12.8. The Hall–Kier alpha value is -1.82. The summed E-state index contributed by atoms with van der Waals surface area (Å²) in [7, 11) is 1.73. The average molecular weight is 381 g/mol. The second kappa shape index (κ2) is 6.97. The highest BCUT2D eigenvalue weighted by atomic mass is 35.5. The van der Waals surface area contributed by atoms with E-state index in [1.165, 1.54) is 0 Å². The molecule has 0 aliphatic carbocycles. The maximum atomic E-state index is 12.2. The summed E-state index contributed by atoms with van der Waals surface area (Å²) in [5.74, 6) is -0.131. The Bertz CT molecular complexity index is 958. The Morgan fingerprint density at radius 2 is 1.92 bits per heavy atom. The second-order valence-electron chi connectivity index (χ2n) is 5.36. The van der Waals surface area contributed by atoms with Crippen molar-refractivity contribution < 1.29 is 4.79 Å². The predicted molar refractivity (Wildman–Crippen MR) is 100 cm³/mol. The summed E-state index contributed by atoms with van der Waals surface area (Å²) < 4.78 is 2.43. The summed E-state index contributed by atoms with van der Waals surface area (Å²) in [5, 5.41) is 3.96. The summed E-state index contributed by atoms with van der Waals surface area (Å²) in [6.07, 6.45) is 0.734. The quantitative estimate of drug-likeness (QED) is 0.725. The van der Waals surface area contributed by atoms with Crippen LogP contribution in [0.2, 0.25) is 10.0 Å². The Balaban J connectivity index is 1.70. The molecule has 3 rings (SSSR count). The monoisotopic (exact) mass is 380 g/mol. The molecule has 4 nitrogen and oxygen atoms in total. The van der Waals surface area contributed by atoms with E-state index in [9.17, 15) is 9.59 Å². The van der Waals surface area contributed by atoms with Crippen molar-refractivity contribution in [2.24, 2.45) is 7.05 Å². The molecule has 1 heterocycles. The smallest absolute Gasteiger partial charge is 0.307 e. The number of amides is 1. The third kappa shape index (κ3) is 3.48. The lowest BCUT2D eigenvalue weighted by Gasteiger charge is -2.08. The van der Waals surface area contributed by atoms with Crippen LogP contribution in [0.1, 0.15) is 12.0 Å². The normalized spacial score (nSPS) is 11.0. The third-order valence-corrected chi connectivity index (χ3v) is 5.44. The number of halogens is 2. The van der Waals surface area contributed by atoms with Crippen molar-refractivity contribution in [1.29, 1.82) is 0 Å². The van der Waals surface area contributed by atoms with Crippen LogP contribution in [0.25, 0.3) is 10.2 Å². The molecule has 124 valence electrons. The van der Waals surface area contributed by atoms with E-state index in [4.69, 9.17) is 23.2 Å².